The molecular formula is C12H26N2. The van der Waals surface area contributed by atoms with Gasteiger partial charge in [-0.3, -0.25) is 4.90 Å². The van der Waals surface area contributed by atoms with Crippen molar-refractivity contribution in [2.45, 2.75) is 64.6 Å². The van der Waals surface area contributed by atoms with Gasteiger partial charge in [-0.1, -0.05) is 19.8 Å². The smallest absolute Gasteiger partial charge is 0.0216 e. The normalized spacial score (nSPS) is 33.0. The van der Waals surface area contributed by atoms with E-state index >= 15 is 0 Å². The van der Waals surface area contributed by atoms with Crippen LogP contribution in [0.15, 0.2) is 0 Å². The van der Waals surface area contributed by atoms with E-state index in [0.29, 0.717) is 6.04 Å². The van der Waals surface area contributed by atoms with Crippen molar-refractivity contribution in [2.24, 2.45) is 11.7 Å². The largest absolute Gasteiger partial charge is 0.327 e. The zero-order valence-electron chi connectivity index (χ0n) is 10.2. The van der Waals surface area contributed by atoms with E-state index in [-0.39, 0.29) is 6.04 Å². The summed E-state index contributed by atoms with van der Waals surface area (Å²) in [7, 11) is 2.23. The highest BCUT2D eigenvalue weighted by Crippen LogP contribution is 2.27. The van der Waals surface area contributed by atoms with Gasteiger partial charge in [0.25, 0.3) is 0 Å². The maximum atomic E-state index is 5.94. The molecule has 0 aliphatic heterocycles. The Bertz CT molecular complexity index is 168. The average Bonchev–Trinajstić information content (AvgIpc) is 2.15. The third kappa shape index (κ3) is 2.96. The van der Waals surface area contributed by atoms with Crippen molar-refractivity contribution < 1.29 is 0 Å². The molecule has 4 atom stereocenters. The third-order valence-electron chi connectivity index (χ3n) is 3.89. The maximum absolute atomic E-state index is 5.94. The van der Waals surface area contributed by atoms with E-state index in [4.69, 9.17) is 5.73 Å². The molecule has 2 heteroatoms. The molecule has 1 aliphatic carbocycles. The monoisotopic (exact) mass is 198 g/mol. The molecule has 0 aromatic carbocycles. The Morgan fingerprint density at radius 2 is 1.93 bits per heavy atom. The van der Waals surface area contributed by atoms with Crippen LogP contribution in [0.1, 0.15) is 46.5 Å². The minimum Gasteiger partial charge on any atom is -0.327 e. The fourth-order valence-corrected chi connectivity index (χ4v) is 2.48. The van der Waals surface area contributed by atoms with Gasteiger partial charge in [0.05, 0.1) is 0 Å². The van der Waals surface area contributed by atoms with E-state index < -0.39 is 0 Å². The van der Waals surface area contributed by atoms with Crippen molar-refractivity contribution in [3.63, 3.8) is 0 Å². The molecule has 0 heterocycles. The zero-order valence-corrected chi connectivity index (χ0v) is 10.2. The lowest BCUT2D eigenvalue weighted by Gasteiger charge is -2.39. The van der Waals surface area contributed by atoms with E-state index in [2.05, 4.69) is 32.7 Å². The molecule has 1 rings (SSSR count). The first-order valence-corrected chi connectivity index (χ1v) is 6.00. The first-order chi connectivity index (χ1) is 6.52. The Balaban J connectivity index is 2.46. The molecule has 14 heavy (non-hydrogen) atoms. The lowest BCUT2D eigenvalue weighted by molar-refractivity contribution is 0.115. The van der Waals surface area contributed by atoms with Gasteiger partial charge in [0.2, 0.25) is 0 Å². The fourth-order valence-electron chi connectivity index (χ4n) is 2.48. The van der Waals surface area contributed by atoms with Crippen LogP contribution < -0.4 is 5.73 Å². The molecule has 0 aromatic heterocycles. The molecular weight excluding hydrogens is 172 g/mol. The van der Waals surface area contributed by atoms with Gasteiger partial charge in [-0.15, -0.1) is 0 Å². The molecule has 0 amide bonds. The molecule has 4 unspecified atom stereocenters. The van der Waals surface area contributed by atoms with Gasteiger partial charge in [-0.05, 0) is 39.7 Å². The lowest BCUT2D eigenvalue weighted by Crippen LogP contribution is -2.48. The van der Waals surface area contributed by atoms with Crippen LogP contribution in [0, 0.1) is 5.92 Å². The van der Waals surface area contributed by atoms with Crippen molar-refractivity contribution in [2.75, 3.05) is 7.05 Å². The summed E-state index contributed by atoms with van der Waals surface area (Å²) in [5.41, 5.74) is 5.94. The van der Waals surface area contributed by atoms with Crippen LogP contribution in [0.4, 0.5) is 0 Å². The second kappa shape index (κ2) is 5.13. The Hall–Kier alpha value is -0.0800. The highest BCUT2D eigenvalue weighted by atomic mass is 15.2. The van der Waals surface area contributed by atoms with Crippen LogP contribution in [-0.2, 0) is 0 Å². The van der Waals surface area contributed by atoms with Crippen molar-refractivity contribution in [1.29, 1.82) is 0 Å². The third-order valence-corrected chi connectivity index (χ3v) is 3.89. The van der Waals surface area contributed by atoms with Crippen LogP contribution in [0.2, 0.25) is 0 Å². The average molecular weight is 198 g/mol. The highest BCUT2D eigenvalue weighted by Gasteiger charge is 2.26. The summed E-state index contributed by atoms with van der Waals surface area (Å²) >= 11 is 0. The standard InChI is InChI=1S/C12H26N2/c1-9-6-5-7-12(8-9)14(4)11(3)10(2)13/h9-12H,5-8,13H2,1-4H3. The van der Waals surface area contributed by atoms with Gasteiger partial charge in [-0.25, -0.2) is 0 Å². The number of rotatable bonds is 3. The van der Waals surface area contributed by atoms with Crippen LogP contribution in [0.3, 0.4) is 0 Å². The topological polar surface area (TPSA) is 29.3 Å². The van der Waals surface area contributed by atoms with E-state index in [1.165, 1.54) is 25.7 Å². The molecule has 1 saturated carbocycles. The van der Waals surface area contributed by atoms with E-state index in [0.717, 1.165) is 12.0 Å². The predicted octanol–water partition coefficient (Wildman–Crippen LogP) is 2.23. The molecule has 0 spiro atoms. The minimum absolute atomic E-state index is 0.275. The van der Waals surface area contributed by atoms with Gasteiger partial charge in [0.15, 0.2) is 0 Å². The summed E-state index contributed by atoms with van der Waals surface area (Å²) in [5.74, 6) is 0.900. The second-order valence-electron chi connectivity index (χ2n) is 5.19. The molecule has 1 aliphatic rings. The van der Waals surface area contributed by atoms with Gasteiger partial charge >= 0.3 is 0 Å². The molecule has 0 radical (unpaired) electrons. The first-order valence-electron chi connectivity index (χ1n) is 6.00. The summed E-state index contributed by atoms with van der Waals surface area (Å²) in [4.78, 5) is 2.49. The Labute approximate surface area is 88.8 Å². The minimum atomic E-state index is 0.275. The van der Waals surface area contributed by atoms with Gasteiger partial charge in [0, 0.05) is 18.1 Å². The second-order valence-corrected chi connectivity index (χ2v) is 5.19. The molecule has 1 fully saturated rings. The van der Waals surface area contributed by atoms with E-state index in [9.17, 15) is 0 Å². The quantitative estimate of drug-likeness (QED) is 0.753. The molecule has 2 N–H and O–H groups in total. The number of hydrogen-bond donors (Lipinski definition) is 1. The van der Waals surface area contributed by atoms with Gasteiger partial charge in [-0.2, -0.15) is 0 Å². The summed E-state index contributed by atoms with van der Waals surface area (Å²) < 4.78 is 0. The number of nitrogens with two attached hydrogens (primary N) is 1. The Morgan fingerprint density at radius 1 is 1.29 bits per heavy atom. The molecule has 0 saturated heterocycles. The summed E-state index contributed by atoms with van der Waals surface area (Å²) in [6.45, 7) is 6.72. The van der Waals surface area contributed by atoms with Crippen LogP contribution in [0.5, 0.6) is 0 Å². The summed E-state index contributed by atoms with van der Waals surface area (Å²) in [6, 6.07) is 1.54. The van der Waals surface area contributed by atoms with E-state index in [1.807, 2.05) is 0 Å². The van der Waals surface area contributed by atoms with Crippen LogP contribution in [0.25, 0.3) is 0 Å². The van der Waals surface area contributed by atoms with Crippen molar-refractivity contribution in [3.8, 4) is 0 Å². The summed E-state index contributed by atoms with van der Waals surface area (Å²) in [5, 5.41) is 0. The highest BCUT2D eigenvalue weighted by molar-refractivity contribution is 4.82. The van der Waals surface area contributed by atoms with Crippen molar-refractivity contribution in [1.82, 2.24) is 4.90 Å². The van der Waals surface area contributed by atoms with Crippen molar-refractivity contribution in [3.05, 3.63) is 0 Å². The zero-order chi connectivity index (χ0) is 10.7. The summed E-state index contributed by atoms with van der Waals surface area (Å²) in [6.07, 6.45) is 5.52. The Morgan fingerprint density at radius 3 is 2.43 bits per heavy atom. The fraction of sp³-hybridized carbons (Fsp3) is 1.00. The first kappa shape index (κ1) is 12.0. The van der Waals surface area contributed by atoms with Gasteiger partial charge < -0.3 is 5.73 Å². The molecule has 84 valence electrons. The Kier molecular flexibility index (Phi) is 4.39. The molecule has 0 aromatic rings. The van der Waals surface area contributed by atoms with Gasteiger partial charge in [0.1, 0.15) is 0 Å². The number of hydrogen-bond acceptors (Lipinski definition) is 2. The molecule has 0 bridgehead atoms. The van der Waals surface area contributed by atoms with Crippen molar-refractivity contribution >= 4 is 0 Å². The SMILES string of the molecule is CC1CCCC(N(C)C(C)C(C)N)C1. The maximum Gasteiger partial charge on any atom is 0.0216 e. The van der Waals surface area contributed by atoms with Crippen LogP contribution in [-0.4, -0.2) is 30.1 Å². The predicted molar refractivity (Wildman–Crippen MR) is 62.3 cm³/mol. The van der Waals surface area contributed by atoms with Crippen LogP contribution >= 0.6 is 0 Å². The number of nitrogens with zero attached hydrogens (tertiary/aromatic N) is 1. The van der Waals surface area contributed by atoms with E-state index in [1.54, 1.807) is 0 Å². The number of likely N-dealkylation sites (N-methyl/N-ethyl adjacent to an activating group) is 1. The molecule has 2 nitrogen and oxygen atoms in total. The lowest BCUT2D eigenvalue weighted by atomic mass is 9.85.